The highest BCUT2D eigenvalue weighted by atomic mass is 35.5. The molecule has 1 aliphatic carbocycles. The molecule has 20 heavy (non-hydrogen) atoms. The zero-order chi connectivity index (χ0) is 14.5. The summed E-state index contributed by atoms with van der Waals surface area (Å²) in [5.41, 5.74) is 1.39. The Balaban J connectivity index is 2.16. The quantitative estimate of drug-likeness (QED) is 0.476. The molecule has 0 heterocycles. The van der Waals surface area contributed by atoms with E-state index < -0.39 is 11.8 Å². The number of rotatable bonds is 4. The predicted octanol–water partition coefficient (Wildman–Crippen LogP) is 4.13. The molecule has 0 N–H and O–H groups in total. The van der Waals surface area contributed by atoms with Gasteiger partial charge in [-0.2, -0.15) is 0 Å². The summed E-state index contributed by atoms with van der Waals surface area (Å²) in [6, 6.07) is 5.14. The van der Waals surface area contributed by atoms with Crippen LogP contribution in [0.5, 0.6) is 0 Å². The molecule has 0 unspecified atom stereocenters. The van der Waals surface area contributed by atoms with Gasteiger partial charge in [0.2, 0.25) is 0 Å². The van der Waals surface area contributed by atoms with E-state index in [1.54, 1.807) is 19.1 Å². The van der Waals surface area contributed by atoms with Crippen molar-refractivity contribution in [2.24, 2.45) is 0 Å². The summed E-state index contributed by atoms with van der Waals surface area (Å²) in [7, 11) is 0. The summed E-state index contributed by atoms with van der Waals surface area (Å²) < 4.78 is 4.71. The van der Waals surface area contributed by atoms with Gasteiger partial charge in [-0.3, -0.25) is 4.79 Å². The molecule has 0 aromatic heterocycles. The standard InChI is InChI=1S/C16H19ClO3/c1-2-20-16(19)15(18)12-8-9-13(14(17)10-12)11-6-4-3-5-7-11/h8-11H,2-7H2,1H3. The Labute approximate surface area is 124 Å². The van der Waals surface area contributed by atoms with Crippen molar-refractivity contribution < 1.29 is 14.3 Å². The van der Waals surface area contributed by atoms with Crippen LogP contribution >= 0.6 is 11.6 Å². The van der Waals surface area contributed by atoms with Crippen LogP contribution in [-0.2, 0) is 9.53 Å². The lowest BCUT2D eigenvalue weighted by molar-refractivity contribution is -0.137. The highest BCUT2D eigenvalue weighted by molar-refractivity contribution is 6.41. The van der Waals surface area contributed by atoms with E-state index in [0.29, 0.717) is 16.5 Å². The molecule has 0 amide bonds. The molecule has 0 atom stereocenters. The largest absolute Gasteiger partial charge is 0.460 e. The second-order valence-electron chi connectivity index (χ2n) is 5.12. The molecule has 0 saturated heterocycles. The summed E-state index contributed by atoms with van der Waals surface area (Å²) in [6.07, 6.45) is 6.03. The summed E-state index contributed by atoms with van der Waals surface area (Å²) in [6.45, 7) is 1.86. The van der Waals surface area contributed by atoms with Gasteiger partial charge in [-0.15, -0.1) is 0 Å². The van der Waals surface area contributed by atoms with Gasteiger partial charge in [-0.25, -0.2) is 4.79 Å². The number of esters is 1. The number of hydrogen-bond acceptors (Lipinski definition) is 3. The third-order valence-corrected chi connectivity index (χ3v) is 4.10. The van der Waals surface area contributed by atoms with Crippen LogP contribution in [0.15, 0.2) is 18.2 Å². The van der Waals surface area contributed by atoms with Crippen LogP contribution in [0.3, 0.4) is 0 Å². The Kier molecular flexibility index (Phi) is 5.18. The molecule has 1 fully saturated rings. The van der Waals surface area contributed by atoms with Gasteiger partial charge in [0.05, 0.1) is 6.61 Å². The first-order chi connectivity index (χ1) is 9.63. The van der Waals surface area contributed by atoms with Crippen molar-refractivity contribution in [1.29, 1.82) is 0 Å². The summed E-state index contributed by atoms with van der Waals surface area (Å²) >= 11 is 6.28. The van der Waals surface area contributed by atoms with Crippen LogP contribution in [0.4, 0.5) is 0 Å². The maximum atomic E-state index is 11.8. The van der Waals surface area contributed by atoms with Gasteiger partial charge in [-0.1, -0.05) is 43.0 Å². The van der Waals surface area contributed by atoms with Crippen molar-refractivity contribution in [2.45, 2.75) is 44.9 Å². The normalized spacial score (nSPS) is 15.9. The van der Waals surface area contributed by atoms with E-state index in [9.17, 15) is 9.59 Å². The molecular formula is C16H19ClO3. The first-order valence-electron chi connectivity index (χ1n) is 7.14. The number of hydrogen-bond donors (Lipinski definition) is 0. The number of halogens is 1. The number of benzene rings is 1. The minimum absolute atomic E-state index is 0.193. The lowest BCUT2D eigenvalue weighted by Gasteiger charge is -2.23. The first-order valence-corrected chi connectivity index (χ1v) is 7.52. The Morgan fingerprint density at radius 3 is 2.55 bits per heavy atom. The fourth-order valence-electron chi connectivity index (χ4n) is 2.73. The molecule has 1 saturated carbocycles. The van der Waals surface area contributed by atoms with Crippen molar-refractivity contribution in [3.63, 3.8) is 0 Å². The number of ketones is 1. The monoisotopic (exact) mass is 294 g/mol. The van der Waals surface area contributed by atoms with E-state index in [1.807, 2.05) is 6.07 Å². The van der Waals surface area contributed by atoms with Crippen molar-refractivity contribution in [3.8, 4) is 0 Å². The van der Waals surface area contributed by atoms with E-state index in [1.165, 1.54) is 19.3 Å². The number of carbonyl (C=O) groups is 2. The molecule has 0 radical (unpaired) electrons. The third kappa shape index (κ3) is 3.40. The van der Waals surface area contributed by atoms with Crippen LogP contribution in [0, 0.1) is 0 Å². The molecule has 0 bridgehead atoms. The highest BCUT2D eigenvalue weighted by Gasteiger charge is 2.21. The molecule has 108 valence electrons. The molecule has 1 aromatic carbocycles. The van der Waals surface area contributed by atoms with E-state index in [4.69, 9.17) is 16.3 Å². The number of carbonyl (C=O) groups excluding carboxylic acids is 2. The Morgan fingerprint density at radius 1 is 1.25 bits per heavy atom. The second kappa shape index (κ2) is 6.89. The van der Waals surface area contributed by atoms with Crippen LogP contribution < -0.4 is 0 Å². The molecule has 1 aliphatic rings. The van der Waals surface area contributed by atoms with E-state index in [-0.39, 0.29) is 6.61 Å². The van der Waals surface area contributed by atoms with Crippen molar-refractivity contribution in [2.75, 3.05) is 6.61 Å². The van der Waals surface area contributed by atoms with Crippen LogP contribution in [0.2, 0.25) is 5.02 Å². The lowest BCUT2D eigenvalue weighted by atomic mass is 9.84. The minimum Gasteiger partial charge on any atom is -0.460 e. The van der Waals surface area contributed by atoms with Gasteiger partial charge in [-0.05, 0) is 37.3 Å². The molecule has 1 aromatic rings. The Bertz CT molecular complexity index is 504. The van der Waals surface area contributed by atoms with Crippen molar-refractivity contribution >= 4 is 23.4 Å². The van der Waals surface area contributed by atoms with E-state index in [0.717, 1.165) is 18.4 Å². The SMILES string of the molecule is CCOC(=O)C(=O)c1ccc(C2CCCCC2)c(Cl)c1. The fraction of sp³-hybridized carbons (Fsp3) is 0.500. The second-order valence-corrected chi connectivity index (χ2v) is 5.53. The van der Waals surface area contributed by atoms with Gasteiger partial charge in [0.15, 0.2) is 0 Å². The predicted molar refractivity (Wildman–Crippen MR) is 78.2 cm³/mol. The number of ether oxygens (including phenoxy) is 1. The van der Waals surface area contributed by atoms with Crippen LogP contribution in [0.25, 0.3) is 0 Å². The lowest BCUT2D eigenvalue weighted by Crippen LogP contribution is -2.17. The van der Waals surface area contributed by atoms with Gasteiger partial charge >= 0.3 is 5.97 Å². The average molecular weight is 295 g/mol. The zero-order valence-electron chi connectivity index (χ0n) is 11.7. The maximum Gasteiger partial charge on any atom is 0.379 e. The molecule has 0 aliphatic heterocycles. The summed E-state index contributed by atoms with van der Waals surface area (Å²) in [5, 5.41) is 0.576. The summed E-state index contributed by atoms with van der Waals surface area (Å²) in [4.78, 5) is 23.3. The van der Waals surface area contributed by atoms with Gasteiger partial charge in [0.1, 0.15) is 0 Å². The molecule has 0 spiro atoms. The number of Topliss-reactive ketones (excluding diaryl/α,β-unsaturated/α-hetero) is 1. The fourth-order valence-corrected chi connectivity index (χ4v) is 3.06. The Morgan fingerprint density at radius 2 is 1.95 bits per heavy atom. The maximum absolute atomic E-state index is 11.8. The zero-order valence-corrected chi connectivity index (χ0v) is 12.4. The van der Waals surface area contributed by atoms with Crippen molar-refractivity contribution in [3.05, 3.63) is 34.3 Å². The average Bonchev–Trinajstić information content (AvgIpc) is 2.47. The van der Waals surface area contributed by atoms with E-state index >= 15 is 0 Å². The third-order valence-electron chi connectivity index (χ3n) is 3.77. The van der Waals surface area contributed by atoms with Gasteiger partial charge in [0, 0.05) is 10.6 Å². The Hall–Kier alpha value is -1.35. The van der Waals surface area contributed by atoms with Gasteiger partial charge < -0.3 is 4.74 Å². The summed E-state index contributed by atoms with van der Waals surface area (Å²) in [5.74, 6) is -0.985. The smallest absolute Gasteiger partial charge is 0.379 e. The first kappa shape index (κ1) is 15.0. The topological polar surface area (TPSA) is 43.4 Å². The van der Waals surface area contributed by atoms with E-state index in [2.05, 4.69) is 0 Å². The highest BCUT2D eigenvalue weighted by Crippen LogP contribution is 2.36. The molecule has 4 heteroatoms. The molecular weight excluding hydrogens is 276 g/mol. The van der Waals surface area contributed by atoms with Crippen LogP contribution in [0.1, 0.15) is 60.9 Å². The van der Waals surface area contributed by atoms with Gasteiger partial charge in [0.25, 0.3) is 5.78 Å². The minimum atomic E-state index is -0.825. The van der Waals surface area contributed by atoms with Crippen molar-refractivity contribution in [1.82, 2.24) is 0 Å². The van der Waals surface area contributed by atoms with Crippen LogP contribution in [-0.4, -0.2) is 18.4 Å². The molecule has 2 rings (SSSR count). The molecule has 3 nitrogen and oxygen atoms in total.